The van der Waals surface area contributed by atoms with Crippen LogP contribution in [0.25, 0.3) is 0 Å². The predicted octanol–water partition coefficient (Wildman–Crippen LogP) is 2.27. The topological polar surface area (TPSA) is 88.6 Å². The van der Waals surface area contributed by atoms with E-state index in [4.69, 9.17) is 4.74 Å². The first-order chi connectivity index (χ1) is 12.9. The number of sulfonamides is 1. The molecule has 2 heterocycles. The van der Waals surface area contributed by atoms with Crippen LogP contribution in [-0.2, 0) is 14.8 Å². The van der Waals surface area contributed by atoms with Gasteiger partial charge in [-0.2, -0.15) is 4.31 Å². The smallest absolute Gasteiger partial charge is 0.248 e. The molecule has 1 fully saturated rings. The Morgan fingerprint density at radius 1 is 1.26 bits per heavy atom. The quantitative estimate of drug-likeness (QED) is 0.842. The van der Waals surface area contributed by atoms with E-state index in [1.807, 2.05) is 0 Å². The van der Waals surface area contributed by atoms with Gasteiger partial charge in [-0.1, -0.05) is 6.07 Å². The van der Waals surface area contributed by atoms with E-state index in [1.54, 1.807) is 6.07 Å². The Morgan fingerprint density at radius 2 is 2.00 bits per heavy atom. The number of halogens is 1. The van der Waals surface area contributed by atoms with Crippen LogP contribution in [0.5, 0.6) is 5.88 Å². The molecule has 3 rings (SSSR count). The standard InChI is InChI=1S/C18H20FN3O4S/c1-26-18-16(6-3-9-20-18)27(24,25)22-10-7-13(8-11-22)17(23)21-15-5-2-4-14(19)12-15/h2-6,9,12-13H,7-8,10-11H2,1H3,(H,21,23). The first-order valence-corrected chi connectivity index (χ1v) is 9.91. The van der Waals surface area contributed by atoms with Crippen LogP contribution in [0.4, 0.5) is 10.1 Å². The van der Waals surface area contributed by atoms with Crippen molar-refractivity contribution >= 4 is 21.6 Å². The van der Waals surface area contributed by atoms with Crippen LogP contribution in [0.15, 0.2) is 47.5 Å². The van der Waals surface area contributed by atoms with Gasteiger partial charge < -0.3 is 10.1 Å². The molecule has 2 aromatic rings. The molecule has 144 valence electrons. The van der Waals surface area contributed by atoms with Gasteiger partial charge in [0.15, 0.2) is 0 Å². The van der Waals surface area contributed by atoms with Crippen LogP contribution in [-0.4, -0.2) is 43.8 Å². The summed E-state index contributed by atoms with van der Waals surface area (Å²) in [6.07, 6.45) is 2.22. The highest BCUT2D eigenvalue weighted by Crippen LogP contribution is 2.28. The molecule has 0 saturated carbocycles. The van der Waals surface area contributed by atoms with Gasteiger partial charge in [0.1, 0.15) is 10.7 Å². The average molecular weight is 393 g/mol. The van der Waals surface area contributed by atoms with E-state index in [1.165, 1.54) is 47.9 Å². The third-order valence-electron chi connectivity index (χ3n) is 4.46. The number of anilines is 1. The summed E-state index contributed by atoms with van der Waals surface area (Å²) in [5, 5.41) is 2.68. The van der Waals surface area contributed by atoms with Gasteiger partial charge >= 0.3 is 0 Å². The molecule has 0 atom stereocenters. The molecular weight excluding hydrogens is 373 g/mol. The first-order valence-electron chi connectivity index (χ1n) is 8.47. The maximum atomic E-state index is 13.2. The minimum atomic E-state index is -3.75. The van der Waals surface area contributed by atoms with Crippen molar-refractivity contribution in [3.8, 4) is 5.88 Å². The lowest BCUT2D eigenvalue weighted by Crippen LogP contribution is -2.41. The third-order valence-corrected chi connectivity index (χ3v) is 6.38. The summed E-state index contributed by atoms with van der Waals surface area (Å²) in [5.74, 6) is -0.963. The Hall–Kier alpha value is -2.52. The van der Waals surface area contributed by atoms with E-state index in [-0.39, 0.29) is 35.7 Å². The molecule has 0 unspecified atom stereocenters. The highest BCUT2D eigenvalue weighted by Gasteiger charge is 2.34. The van der Waals surface area contributed by atoms with Crippen molar-refractivity contribution in [2.75, 3.05) is 25.5 Å². The maximum Gasteiger partial charge on any atom is 0.248 e. The molecule has 0 radical (unpaired) electrons. The van der Waals surface area contributed by atoms with Crippen molar-refractivity contribution in [1.82, 2.24) is 9.29 Å². The van der Waals surface area contributed by atoms with Crippen LogP contribution in [0.2, 0.25) is 0 Å². The summed E-state index contributed by atoms with van der Waals surface area (Å²) in [5.41, 5.74) is 0.384. The molecule has 1 amide bonds. The summed E-state index contributed by atoms with van der Waals surface area (Å²) in [4.78, 5) is 16.3. The van der Waals surface area contributed by atoms with Gasteiger partial charge in [-0.05, 0) is 43.2 Å². The van der Waals surface area contributed by atoms with Crippen molar-refractivity contribution in [3.63, 3.8) is 0 Å². The summed E-state index contributed by atoms with van der Waals surface area (Å²) >= 11 is 0. The Bertz CT molecular complexity index is 928. The average Bonchev–Trinajstić information content (AvgIpc) is 2.68. The lowest BCUT2D eigenvalue weighted by atomic mass is 9.97. The van der Waals surface area contributed by atoms with Gasteiger partial charge in [0.05, 0.1) is 7.11 Å². The van der Waals surface area contributed by atoms with E-state index in [2.05, 4.69) is 10.3 Å². The van der Waals surface area contributed by atoms with Crippen LogP contribution >= 0.6 is 0 Å². The normalized spacial score (nSPS) is 16.1. The number of hydrogen-bond acceptors (Lipinski definition) is 5. The first kappa shape index (κ1) is 19.2. The molecule has 1 aliphatic rings. The number of piperidine rings is 1. The molecule has 0 bridgehead atoms. The number of pyridine rings is 1. The van der Waals surface area contributed by atoms with E-state index in [0.717, 1.165) is 0 Å². The van der Waals surface area contributed by atoms with Gasteiger partial charge in [0, 0.05) is 30.9 Å². The molecule has 7 nitrogen and oxygen atoms in total. The van der Waals surface area contributed by atoms with E-state index in [9.17, 15) is 17.6 Å². The van der Waals surface area contributed by atoms with Crippen molar-refractivity contribution in [2.24, 2.45) is 5.92 Å². The second-order valence-corrected chi connectivity index (χ2v) is 8.10. The monoisotopic (exact) mass is 393 g/mol. The lowest BCUT2D eigenvalue weighted by Gasteiger charge is -2.30. The van der Waals surface area contributed by atoms with Crippen molar-refractivity contribution in [1.29, 1.82) is 0 Å². The molecule has 0 spiro atoms. The number of amides is 1. The molecule has 1 aromatic heterocycles. The largest absolute Gasteiger partial charge is 0.480 e. The van der Waals surface area contributed by atoms with Gasteiger partial charge in [0.2, 0.25) is 21.8 Å². The number of benzene rings is 1. The SMILES string of the molecule is COc1ncccc1S(=O)(=O)N1CCC(C(=O)Nc2cccc(F)c2)CC1. The number of carbonyl (C=O) groups is 1. The Morgan fingerprint density at radius 3 is 2.67 bits per heavy atom. The van der Waals surface area contributed by atoms with Gasteiger partial charge in [0.25, 0.3) is 0 Å². The van der Waals surface area contributed by atoms with Gasteiger partial charge in [-0.15, -0.1) is 0 Å². The number of carbonyl (C=O) groups excluding carboxylic acids is 1. The number of ether oxygens (including phenoxy) is 1. The van der Waals surface area contributed by atoms with E-state index >= 15 is 0 Å². The minimum Gasteiger partial charge on any atom is -0.480 e. The zero-order chi connectivity index (χ0) is 19.4. The molecular formula is C18H20FN3O4S. The van der Waals surface area contributed by atoms with Crippen molar-refractivity contribution in [2.45, 2.75) is 17.7 Å². The highest BCUT2D eigenvalue weighted by atomic mass is 32.2. The van der Waals surface area contributed by atoms with Crippen LogP contribution in [0.1, 0.15) is 12.8 Å². The molecule has 0 aliphatic carbocycles. The number of nitrogens with zero attached hydrogens (tertiary/aromatic N) is 2. The summed E-state index contributed by atoms with van der Waals surface area (Å²) in [7, 11) is -2.39. The zero-order valence-corrected chi connectivity index (χ0v) is 15.6. The number of nitrogens with one attached hydrogen (secondary N) is 1. The van der Waals surface area contributed by atoms with Crippen LogP contribution in [0.3, 0.4) is 0 Å². The predicted molar refractivity (Wildman–Crippen MR) is 97.3 cm³/mol. The van der Waals surface area contributed by atoms with E-state index in [0.29, 0.717) is 18.5 Å². The molecule has 9 heteroatoms. The summed E-state index contributed by atoms with van der Waals surface area (Å²) < 4.78 is 45.3. The Labute approximate surface area is 157 Å². The molecule has 1 aliphatic heterocycles. The Kier molecular flexibility index (Phi) is 5.71. The zero-order valence-electron chi connectivity index (χ0n) is 14.8. The number of rotatable bonds is 5. The number of hydrogen-bond donors (Lipinski definition) is 1. The fourth-order valence-corrected chi connectivity index (χ4v) is 4.61. The van der Waals surface area contributed by atoms with Crippen LogP contribution < -0.4 is 10.1 Å². The fourth-order valence-electron chi connectivity index (χ4n) is 3.03. The molecule has 1 N–H and O–H groups in total. The molecule has 27 heavy (non-hydrogen) atoms. The Balaban J connectivity index is 1.65. The number of aromatic nitrogens is 1. The second kappa shape index (κ2) is 8.01. The van der Waals surface area contributed by atoms with Crippen molar-refractivity contribution < 1.29 is 22.3 Å². The van der Waals surface area contributed by atoms with Gasteiger partial charge in [-0.3, -0.25) is 4.79 Å². The van der Waals surface area contributed by atoms with Gasteiger partial charge in [-0.25, -0.2) is 17.8 Å². The summed E-state index contributed by atoms with van der Waals surface area (Å²) in [6, 6.07) is 8.65. The highest BCUT2D eigenvalue weighted by molar-refractivity contribution is 7.89. The third kappa shape index (κ3) is 4.25. The number of methoxy groups -OCH3 is 1. The molecule has 1 saturated heterocycles. The summed E-state index contributed by atoms with van der Waals surface area (Å²) in [6.45, 7) is 0.420. The van der Waals surface area contributed by atoms with Crippen molar-refractivity contribution in [3.05, 3.63) is 48.4 Å². The lowest BCUT2D eigenvalue weighted by molar-refractivity contribution is -0.120. The molecule has 1 aromatic carbocycles. The maximum absolute atomic E-state index is 13.2. The second-order valence-electron chi connectivity index (χ2n) is 6.19. The van der Waals surface area contributed by atoms with E-state index < -0.39 is 15.8 Å². The van der Waals surface area contributed by atoms with Crippen LogP contribution in [0, 0.1) is 11.7 Å². The minimum absolute atomic E-state index is 0.00941. The fraction of sp³-hybridized carbons (Fsp3) is 0.333.